The lowest BCUT2D eigenvalue weighted by Gasteiger charge is -2.51. The number of hydrogen-bond donors (Lipinski definition) is 12. The maximum absolute atomic E-state index is 11.4. The molecule has 16 atom stereocenters. The first-order chi connectivity index (χ1) is 18.9. The van der Waals surface area contributed by atoms with E-state index in [4.69, 9.17) is 35.2 Å². The second kappa shape index (κ2) is 14.2. The predicted octanol–water partition coefficient (Wildman–Crippen LogP) is -6.53. The highest BCUT2D eigenvalue weighted by molar-refractivity contribution is 5.03. The van der Waals surface area contributed by atoms with E-state index in [1.165, 1.54) is 0 Å². The molecule has 0 amide bonds. The minimum Gasteiger partial charge on any atom is -0.394 e. The van der Waals surface area contributed by atoms with Crippen molar-refractivity contribution in [3.63, 3.8) is 0 Å². The van der Waals surface area contributed by atoms with Crippen molar-refractivity contribution in [2.24, 2.45) is 11.5 Å². The van der Waals surface area contributed by atoms with Crippen LogP contribution in [0, 0.1) is 0 Å². The summed E-state index contributed by atoms with van der Waals surface area (Å²) in [7, 11) is 0. The molecule has 236 valence electrons. The van der Waals surface area contributed by atoms with Crippen molar-refractivity contribution in [1.29, 1.82) is 0 Å². The molecule has 0 aromatic heterocycles. The normalized spacial score (nSPS) is 49.1. The van der Waals surface area contributed by atoms with E-state index in [0.29, 0.717) is 0 Å². The number of aliphatic hydroxyl groups excluding tert-OH is 9. The predicted molar refractivity (Wildman–Crippen MR) is 132 cm³/mol. The maximum atomic E-state index is 11.4. The summed E-state index contributed by atoms with van der Waals surface area (Å²) in [5, 5.41) is 95.8. The molecule has 0 spiro atoms. The van der Waals surface area contributed by atoms with E-state index in [1.807, 2.05) is 0 Å². The first-order valence-electron chi connectivity index (χ1n) is 13.4. The van der Waals surface area contributed by atoms with Crippen molar-refractivity contribution in [3.8, 4) is 0 Å². The van der Waals surface area contributed by atoms with Crippen molar-refractivity contribution >= 4 is 0 Å². The Bertz CT molecular complexity index is 781. The van der Waals surface area contributed by atoms with Crippen LogP contribution in [0.25, 0.3) is 0 Å². The first-order valence-corrected chi connectivity index (χ1v) is 13.4. The zero-order chi connectivity index (χ0) is 29.9. The smallest absolute Gasteiger partial charge is 0.176 e. The van der Waals surface area contributed by atoms with Crippen LogP contribution < -0.4 is 16.8 Å². The molecule has 3 rings (SSSR count). The average Bonchev–Trinajstić information content (AvgIpc) is 2.96. The van der Waals surface area contributed by atoms with Crippen LogP contribution in [0.5, 0.6) is 0 Å². The lowest BCUT2D eigenvalue weighted by molar-refractivity contribution is -0.363. The van der Waals surface area contributed by atoms with Gasteiger partial charge < -0.3 is 81.1 Å². The number of nitrogens with two attached hydrogens (primary N) is 2. The van der Waals surface area contributed by atoms with Crippen molar-refractivity contribution in [3.05, 3.63) is 0 Å². The Balaban J connectivity index is 1.88. The minimum absolute atomic E-state index is 0.0683. The fourth-order valence-electron chi connectivity index (χ4n) is 5.16. The van der Waals surface area contributed by atoms with Crippen LogP contribution in [-0.2, 0) is 23.7 Å². The molecule has 0 saturated carbocycles. The molecule has 17 heteroatoms. The summed E-state index contributed by atoms with van der Waals surface area (Å²) in [5.74, 6) is 0. The van der Waals surface area contributed by atoms with Gasteiger partial charge in [-0.15, -0.1) is 0 Å². The van der Waals surface area contributed by atoms with Gasteiger partial charge in [0, 0.05) is 0 Å². The fourth-order valence-corrected chi connectivity index (χ4v) is 5.16. The Morgan fingerprint density at radius 2 is 1.40 bits per heavy atom. The van der Waals surface area contributed by atoms with Crippen LogP contribution in [0.2, 0.25) is 0 Å². The topological polar surface area (TPSA) is 292 Å². The molecule has 3 fully saturated rings. The Morgan fingerprint density at radius 1 is 0.825 bits per heavy atom. The third kappa shape index (κ3) is 6.61. The van der Waals surface area contributed by atoms with E-state index < -0.39 is 117 Å². The number of rotatable bonds is 11. The van der Waals surface area contributed by atoms with Crippen molar-refractivity contribution in [2.45, 2.75) is 124 Å². The summed E-state index contributed by atoms with van der Waals surface area (Å²) in [6, 6.07) is -3.93. The van der Waals surface area contributed by atoms with Gasteiger partial charge in [0.15, 0.2) is 18.9 Å². The molecule has 3 aliphatic rings. The molecule has 0 radical (unpaired) electrons. The zero-order valence-corrected chi connectivity index (χ0v) is 22.4. The van der Waals surface area contributed by atoms with Crippen molar-refractivity contribution < 1.29 is 69.6 Å². The van der Waals surface area contributed by atoms with Crippen molar-refractivity contribution in [2.75, 3.05) is 19.8 Å². The van der Waals surface area contributed by atoms with Crippen LogP contribution >= 0.6 is 0 Å². The standard InChI is InChI=1S/C23H45N3O14/c1-3-10(30)26-13-16(33)18(38-21-12(25)15(32)19(34)23(4-2,7-29)40-21)9(6-28)37-22(13)39-17-8(5-27)36-20(35)11(24)14(17)31/h8-22,26-35H,3-7,24-25H2,1-2H3/t8-,9-,10?,11-,12-,13-,14-,15-,16-,17?,18?,19+,20-,21+,22+,23-/m1/s1. The Hall–Kier alpha value is -0.680. The van der Waals surface area contributed by atoms with Crippen LogP contribution in [0.15, 0.2) is 0 Å². The average molecular weight is 588 g/mol. The molecule has 3 aliphatic heterocycles. The van der Waals surface area contributed by atoms with Crippen LogP contribution in [-0.4, -0.2) is 163 Å². The molecule has 3 saturated heterocycles. The summed E-state index contributed by atoms with van der Waals surface area (Å²) in [6.07, 6.45) is -17.1. The van der Waals surface area contributed by atoms with Gasteiger partial charge in [0.25, 0.3) is 0 Å². The lowest BCUT2D eigenvalue weighted by Crippen LogP contribution is -2.72. The molecule has 0 aliphatic carbocycles. The molecule has 0 aromatic carbocycles. The van der Waals surface area contributed by atoms with Gasteiger partial charge in [0.1, 0.15) is 60.7 Å². The molecule has 40 heavy (non-hydrogen) atoms. The Kier molecular flexibility index (Phi) is 12.0. The van der Waals surface area contributed by atoms with Crippen molar-refractivity contribution in [1.82, 2.24) is 5.32 Å². The second-order valence-electron chi connectivity index (χ2n) is 10.4. The number of ether oxygens (including phenoxy) is 5. The van der Waals surface area contributed by atoms with Crippen LogP contribution in [0.4, 0.5) is 0 Å². The van der Waals surface area contributed by atoms with E-state index in [-0.39, 0.29) is 12.8 Å². The fraction of sp³-hybridized carbons (Fsp3) is 1.00. The van der Waals surface area contributed by atoms with E-state index in [0.717, 1.165) is 0 Å². The van der Waals surface area contributed by atoms with Gasteiger partial charge in [-0.2, -0.15) is 0 Å². The summed E-state index contributed by atoms with van der Waals surface area (Å²) >= 11 is 0. The molecule has 3 heterocycles. The number of nitrogens with one attached hydrogen (secondary N) is 1. The highest BCUT2D eigenvalue weighted by atomic mass is 16.7. The Labute approximate surface area is 231 Å². The monoisotopic (exact) mass is 587 g/mol. The highest BCUT2D eigenvalue weighted by Crippen LogP contribution is 2.35. The highest BCUT2D eigenvalue weighted by Gasteiger charge is 2.56. The van der Waals surface area contributed by atoms with Gasteiger partial charge in [-0.1, -0.05) is 13.8 Å². The molecular formula is C23H45N3O14. The van der Waals surface area contributed by atoms with Gasteiger partial charge in [-0.25, -0.2) is 0 Å². The second-order valence-corrected chi connectivity index (χ2v) is 10.4. The Morgan fingerprint density at radius 3 is 1.95 bits per heavy atom. The number of aliphatic hydroxyl groups is 9. The van der Waals surface area contributed by atoms with Gasteiger partial charge in [0.2, 0.25) is 0 Å². The first kappa shape index (κ1) is 33.8. The third-order valence-corrected chi connectivity index (χ3v) is 7.92. The number of hydrogen-bond acceptors (Lipinski definition) is 17. The summed E-state index contributed by atoms with van der Waals surface area (Å²) < 4.78 is 28.7. The van der Waals surface area contributed by atoms with Gasteiger partial charge in [0.05, 0.1) is 37.9 Å². The van der Waals surface area contributed by atoms with E-state index >= 15 is 0 Å². The van der Waals surface area contributed by atoms with Gasteiger partial charge in [-0.3, -0.25) is 5.32 Å². The zero-order valence-electron chi connectivity index (χ0n) is 22.4. The summed E-state index contributed by atoms with van der Waals surface area (Å²) in [6.45, 7) is 1.16. The largest absolute Gasteiger partial charge is 0.394 e. The quantitative estimate of drug-likeness (QED) is 0.1000. The summed E-state index contributed by atoms with van der Waals surface area (Å²) in [5.41, 5.74) is 10.2. The van der Waals surface area contributed by atoms with Crippen LogP contribution in [0.1, 0.15) is 26.7 Å². The maximum Gasteiger partial charge on any atom is 0.176 e. The SMILES string of the molecule is CCC(O)N[C@H]1[C@H](OC2[C@@H](CO)O[C@@H](O)[C@H](N)[C@H]2O)O[C@H](CO)C(O[C@H]2O[C@](CC)(CO)[C@@H](O)[C@H](O)[C@H]2N)[C@@H]1O. The summed E-state index contributed by atoms with van der Waals surface area (Å²) in [4.78, 5) is 0. The lowest BCUT2D eigenvalue weighted by atomic mass is 9.84. The molecule has 14 N–H and O–H groups in total. The molecule has 17 nitrogen and oxygen atoms in total. The van der Waals surface area contributed by atoms with Gasteiger partial charge >= 0.3 is 0 Å². The molecule has 0 bridgehead atoms. The van der Waals surface area contributed by atoms with E-state index in [2.05, 4.69) is 5.32 Å². The van der Waals surface area contributed by atoms with Gasteiger partial charge in [-0.05, 0) is 12.8 Å². The minimum atomic E-state index is -1.63. The van der Waals surface area contributed by atoms with Crippen LogP contribution in [0.3, 0.4) is 0 Å². The third-order valence-electron chi connectivity index (χ3n) is 7.92. The molecule has 3 unspecified atom stereocenters. The van der Waals surface area contributed by atoms with E-state index in [1.54, 1.807) is 13.8 Å². The molecule has 0 aromatic rings. The van der Waals surface area contributed by atoms with E-state index in [9.17, 15) is 46.0 Å². The molecular weight excluding hydrogens is 542 g/mol.